The monoisotopic (exact) mass is 657 g/mol. The standard InChI is InChI=1S/C37H43N3O6S/c1-6-28(3)38-37(42)34(23-29-15-9-7-10-16-29)39(25-30-17-13-14-27(2)22-30)36(41)26-40(47(43,44)32-18-11-8-12-19-32)33-24-31(45-4)20-21-35(33)46-5/h7-22,24,28,34H,6,23,25-26H2,1-5H3,(H,38,42)/t28-,34+/m0/s1. The first-order valence-electron chi connectivity index (χ1n) is 15.6. The molecule has 0 bridgehead atoms. The van der Waals surface area contributed by atoms with E-state index in [1.54, 1.807) is 30.3 Å². The summed E-state index contributed by atoms with van der Waals surface area (Å²) in [5.41, 5.74) is 2.79. The van der Waals surface area contributed by atoms with Crippen LogP contribution < -0.4 is 19.1 Å². The highest BCUT2D eigenvalue weighted by molar-refractivity contribution is 7.92. The molecule has 0 aliphatic carbocycles. The highest BCUT2D eigenvalue weighted by Gasteiger charge is 2.36. The van der Waals surface area contributed by atoms with Gasteiger partial charge >= 0.3 is 0 Å². The number of nitrogens with zero attached hydrogens (tertiary/aromatic N) is 2. The molecule has 0 saturated heterocycles. The molecule has 47 heavy (non-hydrogen) atoms. The van der Waals surface area contributed by atoms with E-state index >= 15 is 0 Å². The topological polar surface area (TPSA) is 105 Å². The molecule has 0 aromatic heterocycles. The second-order valence-corrected chi connectivity index (χ2v) is 13.3. The molecule has 0 aliphatic heterocycles. The highest BCUT2D eigenvalue weighted by Crippen LogP contribution is 2.36. The number of amides is 2. The summed E-state index contributed by atoms with van der Waals surface area (Å²) < 4.78 is 40.7. The third kappa shape index (κ3) is 8.92. The summed E-state index contributed by atoms with van der Waals surface area (Å²) in [7, 11) is -1.40. The fourth-order valence-corrected chi connectivity index (χ4v) is 6.66. The highest BCUT2D eigenvalue weighted by atomic mass is 32.2. The van der Waals surface area contributed by atoms with Crippen molar-refractivity contribution in [2.45, 2.75) is 57.1 Å². The lowest BCUT2D eigenvalue weighted by molar-refractivity contribution is -0.140. The van der Waals surface area contributed by atoms with Gasteiger partial charge in [-0.25, -0.2) is 8.42 Å². The maximum atomic E-state index is 14.7. The van der Waals surface area contributed by atoms with E-state index < -0.39 is 28.5 Å². The van der Waals surface area contributed by atoms with Crippen molar-refractivity contribution in [3.63, 3.8) is 0 Å². The number of carbonyl (C=O) groups excluding carboxylic acids is 2. The van der Waals surface area contributed by atoms with Crippen LogP contribution in [0.4, 0.5) is 5.69 Å². The SMILES string of the molecule is CC[C@H](C)NC(=O)[C@@H](Cc1ccccc1)N(Cc1cccc(C)c1)C(=O)CN(c1cc(OC)ccc1OC)S(=O)(=O)c1ccccc1. The summed E-state index contributed by atoms with van der Waals surface area (Å²) in [6.45, 7) is 5.32. The Bertz CT molecular complexity index is 1750. The van der Waals surface area contributed by atoms with Crippen LogP contribution in [0.2, 0.25) is 0 Å². The van der Waals surface area contributed by atoms with Gasteiger partial charge in [-0.05, 0) is 55.7 Å². The third-order valence-corrected chi connectivity index (χ3v) is 9.75. The molecule has 0 radical (unpaired) electrons. The number of hydrogen-bond donors (Lipinski definition) is 1. The van der Waals surface area contributed by atoms with Gasteiger partial charge in [0.05, 0.1) is 24.8 Å². The Morgan fingerprint density at radius 2 is 1.49 bits per heavy atom. The van der Waals surface area contributed by atoms with Crippen LogP contribution in [0.5, 0.6) is 11.5 Å². The van der Waals surface area contributed by atoms with Gasteiger partial charge in [-0.2, -0.15) is 0 Å². The molecule has 4 aromatic carbocycles. The number of aryl methyl sites for hydroxylation is 1. The summed E-state index contributed by atoms with van der Waals surface area (Å²) >= 11 is 0. The lowest BCUT2D eigenvalue weighted by Gasteiger charge is -2.34. The Balaban J connectivity index is 1.86. The van der Waals surface area contributed by atoms with Crippen LogP contribution in [0.3, 0.4) is 0 Å². The molecule has 0 aliphatic rings. The van der Waals surface area contributed by atoms with Crippen LogP contribution in [-0.2, 0) is 32.6 Å². The van der Waals surface area contributed by atoms with Crippen molar-refractivity contribution in [1.29, 1.82) is 0 Å². The average Bonchev–Trinajstić information content (AvgIpc) is 3.09. The van der Waals surface area contributed by atoms with Gasteiger partial charge < -0.3 is 19.7 Å². The number of nitrogens with one attached hydrogen (secondary N) is 1. The van der Waals surface area contributed by atoms with Gasteiger partial charge in [0.25, 0.3) is 10.0 Å². The second kappa shape index (κ2) is 16.1. The fourth-order valence-electron chi connectivity index (χ4n) is 5.23. The lowest BCUT2D eigenvalue weighted by atomic mass is 10.0. The predicted molar refractivity (Wildman–Crippen MR) is 184 cm³/mol. The fraction of sp³-hybridized carbons (Fsp3) is 0.297. The van der Waals surface area contributed by atoms with Crippen LogP contribution in [0.25, 0.3) is 0 Å². The number of carbonyl (C=O) groups is 2. The molecule has 0 unspecified atom stereocenters. The van der Waals surface area contributed by atoms with Gasteiger partial charge in [0.1, 0.15) is 24.1 Å². The molecule has 4 rings (SSSR count). The summed E-state index contributed by atoms with van der Waals surface area (Å²) in [5, 5.41) is 3.06. The van der Waals surface area contributed by atoms with Crippen LogP contribution >= 0.6 is 0 Å². The number of methoxy groups -OCH3 is 2. The van der Waals surface area contributed by atoms with Gasteiger partial charge in [0.2, 0.25) is 11.8 Å². The first-order valence-corrected chi connectivity index (χ1v) is 17.0. The van der Waals surface area contributed by atoms with Crippen LogP contribution in [0.1, 0.15) is 37.0 Å². The van der Waals surface area contributed by atoms with E-state index in [0.29, 0.717) is 12.2 Å². The normalized spacial score (nSPS) is 12.4. The number of hydrogen-bond acceptors (Lipinski definition) is 6. The Kier molecular flexibility index (Phi) is 12.0. The van der Waals surface area contributed by atoms with E-state index in [1.807, 2.05) is 75.4 Å². The number of sulfonamides is 1. The zero-order valence-corrected chi connectivity index (χ0v) is 28.4. The zero-order valence-electron chi connectivity index (χ0n) is 27.6. The molecular weight excluding hydrogens is 614 g/mol. The van der Waals surface area contributed by atoms with Gasteiger partial charge in [-0.3, -0.25) is 13.9 Å². The Morgan fingerprint density at radius 1 is 0.830 bits per heavy atom. The largest absolute Gasteiger partial charge is 0.497 e. The third-order valence-electron chi connectivity index (χ3n) is 7.97. The van der Waals surface area contributed by atoms with Crippen molar-refractivity contribution in [2.75, 3.05) is 25.1 Å². The van der Waals surface area contributed by atoms with E-state index in [9.17, 15) is 18.0 Å². The van der Waals surface area contributed by atoms with Crippen molar-refractivity contribution in [1.82, 2.24) is 10.2 Å². The smallest absolute Gasteiger partial charge is 0.264 e. The number of benzene rings is 4. The number of rotatable bonds is 15. The minimum Gasteiger partial charge on any atom is -0.497 e. The van der Waals surface area contributed by atoms with Crippen molar-refractivity contribution in [2.24, 2.45) is 0 Å². The minimum absolute atomic E-state index is 0.00161. The van der Waals surface area contributed by atoms with E-state index in [4.69, 9.17) is 9.47 Å². The number of ether oxygens (including phenoxy) is 2. The van der Waals surface area contributed by atoms with Crippen molar-refractivity contribution < 1.29 is 27.5 Å². The molecule has 0 saturated carbocycles. The predicted octanol–water partition coefficient (Wildman–Crippen LogP) is 5.76. The van der Waals surface area contributed by atoms with Gasteiger partial charge in [-0.15, -0.1) is 0 Å². The Hall–Kier alpha value is -4.83. The van der Waals surface area contributed by atoms with E-state index in [1.165, 1.54) is 37.3 Å². The first kappa shape index (κ1) is 35.0. The molecule has 1 N–H and O–H groups in total. The average molecular weight is 658 g/mol. The van der Waals surface area contributed by atoms with Crippen molar-refractivity contribution in [3.05, 3.63) is 120 Å². The molecule has 2 atom stereocenters. The molecular formula is C37H43N3O6S. The van der Waals surface area contributed by atoms with Crippen LogP contribution in [-0.4, -0.2) is 58.0 Å². The van der Waals surface area contributed by atoms with Crippen molar-refractivity contribution >= 4 is 27.5 Å². The molecule has 248 valence electrons. The van der Waals surface area contributed by atoms with E-state index in [-0.39, 0.29) is 41.2 Å². The van der Waals surface area contributed by atoms with E-state index in [2.05, 4.69) is 5.32 Å². The van der Waals surface area contributed by atoms with Gasteiger partial charge in [0.15, 0.2) is 0 Å². The second-order valence-electron chi connectivity index (χ2n) is 11.4. The number of anilines is 1. The van der Waals surface area contributed by atoms with Crippen LogP contribution in [0.15, 0.2) is 108 Å². The molecule has 10 heteroatoms. The molecule has 0 fully saturated rings. The summed E-state index contributed by atoms with van der Waals surface area (Å²) in [6.07, 6.45) is 0.933. The molecule has 4 aromatic rings. The van der Waals surface area contributed by atoms with Crippen LogP contribution in [0, 0.1) is 6.92 Å². The zero-order chi connectivity index (χ0) is 34.0. The lowest BCUT2D eigenvalue weighted by Crippen LogP contribution is -2.54. The summed E-state index contributed by atoms with van der Waals surface area (Å²) in [5.74, 6) is -0.261. The van der Waals surface area contributed by atoms with Gasteiger partial charge in [-0.1, -0.05) is 85.3 Å². The van der Waals surface area contributed by atoms with Gasteiger partial charge in [0, 0.05) is 25.1 Å². The first-order chi connectivity index (χ1) is 22.6. The molecule has 9 nitrogen and oxygen atoms in total. The maximum Gasteiger partial charge on any atom is 0.264 e. The quantitative estimate of drug-likeness (QED) is 0.174. The molecule has 2 amide bonds. The Labute approximate surface area is 278 Å². The molecule has 0 spiro atoms. The maximum absolute atomic E-state index is 14.7. The minimum atomic E-state index is -4.30. The summed E-state index contributed by atoms with van der Waals surface area (Å²) in [4.78, 5) is 30.2. The molecule has 0 heterocycles. The Morgan fingerprint density at radius 3 is 2.11 bits per heavy atom. The van der Waals surface area contributed by atoms with Crippen molar-refractivity contribution in [3.8, 4) is 11.5 Å². The summed E-state index contributed by atoms with van der Waals surface area (Å²) in [6, 6.07) is 28.8. The van der Waals surface area contributed by atoms with E-state index in [0.717, 1.165) is 21.0 Å².